The normalized spacial score (nSPS) is 15.1. The van der Waals surface area contributed by atoms with Crippen LogP contribution in [0.1, 0.15) is 31.0 Å². The monoisotopic (exact) mass is 524 g/mol. The number of hydrogen-bond donors (Lipinski definition) is 0. The molecule has 2 heterocycles. The number of rotatable bonds is 8. The number of fused-ring (bicyclic) bond motifs is 1. The Bertz CT molecular complexity index is 1550. The number of thiazole rings is 1. The number of methoxy groups -OCH3 is 4. The topological polar surface area (TPSA) is 97.6 Å². The van der Waals surface area contributed by atoms with E-state index in [9.17, 15) is 9.59 Å². The predicted molar refractivity (Wildman–Crippen MR) is 139 cm³/mol. The first kappa shape index (κ1) is 26.0. The summed E-state index contributed by atoms with van der Waals surface area (Å²) < 4.78 is 28.9. The van der Waals surface area contributed by atoms with Gasteiger partial charge in [-0.1, -0.05) is 23.5 Å². The van der Waals surface area contributed by atoms with Crippen molar-refractivity contribution in [2.75, 3.05) is 35.0 Å². The van der Waals surface area contributed by atoms with Gasteiger partial charge in [0.1, 0.15) is 0 Å². The lowest BCUT2D eigenvalue weighted by molar-refractivity contribution is -0.139. The molecule has 1 atom stereocenters. The Morgan fingerprint density at radius 1 is 0.973 bits per heavy atom. The molecular formula is C27H28N2O7S. The maximum atomic E-state index is 13.8. The van der Waals surface area contributed by atoms with Crippen LogP contribution in [0.25, 0.3) is 6.08 Å². The quantitative estimate of drug-likeness (QED) is 0.418. The highest BCUT2D eigenvalue weighted by Crippen LogP contribution is 2.36. The van der Waals surface area contributed by atoms with Crippen LogP contribution >= 0.6 is 11.3 Å². The maximum Gasteiger partial charge on any atom is 0.338 e. The van der Waals surface area contributed by atoms with Gasteiger partial charge in [-0.05, 0) is 55.3 Å². The number of carbonyl (C=O) groups is 1. The van der Waals surface area contributed by atoms with Crippen molar-refractivity contribution in [1.29, 1.82) is 0 Å². The molecule has 9 nitrogen and oxygen atoms in total. The molecule has 1 aliphatic rings. The fraction of sp³-hybridized carbons (Fsp3) is 0.296. The van der Waals surface area contributed by atoms with Gasteiger partial charge in [0, 0.05) is 0 Å². The maximum absolute atomic E-state index is 13.8. The third-order valence-electron chi connectivity index (χ3n) is 5.95. The molecule has 2 aromatic carbocycles. The van der Waals surface area contributed by atoms with Crippen molar-refractivity contribution in [2.45, 2.75) is 19.9 Å². The number of nitrogens with zero attached hydrogens (tertiary/aromatic N) is 2. The summed E-state index contributed by atoms with van der Waals surface area (Å²) in [4.78, 5) is 31.9. The van der Waals surface area contributed by atoms with Gasteiger partial charge in [-0.2, -0.15) is 0 Å². The third-order valence-corrected chi connectivity index (χ3v) is 6.93. The first-order valence-corrected chi connectivity index (χ1v) is 12.3. The van der Waals surface area contributed by atoms with Crippen molar-refractivity contribution in [3.63, 3.8) is 0 Å². The van der Waals surface area contributed by atoms with Gasteiger partial charge >= 0.3 is 5.97 Å². The Morgan fingerprint density at radius 3 is 2.22 bits per heavy atom. The number of ether oxygens (including phenoxy) is 5. The summed E-state index contributed by atoms with van der Waals surface area (Å²) in [6.45, 7) is 3.67. The summed E-state index contributed by atoms with van der Waals surface area (Å²) in [7, 11) is 6.19. The molecule has 0 bridgehead atoms. The Labute approximate surface area is 217 Å². The van der Waals surface area contributed by atoms with E-state index in [4.69, 9.17) is 23.7 Å². The number of esters is 1. The van der Waals surface area contributed by atoms with E-state index >= 15 is 0 Å². The van der Waals surface area contributed by atoms with Gasteiger partial charge in [-0.3, -0.25) is 9.36 Å². The lowest BCUT2D eigenvalue weighted by atomic mass is 9.95. The van der Waals surface area contributed by atoms with Gasteiger partial charge in [0.2, 0.25) is 0 Å². The minimum atomic E-state index is -0.761. The largest absolute Gasteiger partial charge is 0.493 e. The van der Waals surface area contributed by atoms with E-state index in [-0.39, 0.29) is 12.2 Å². The molecule has 194 valence electrons. The number of benzene rings is 2. The molecule has 0 saturated heterocycles. The van der Waals surface area contributed by atoms with Crippen molar-refractivity contribution in [3.05, 3.63) is 78.5 Å². The van der Waals surface area contributed by atoms with Crippen molar-refractivity contribution in [1.82, 2.24) is 4.57 Å². The first-order chi connectivity index (χ1) is 17.9. The number of allylic oxidation sites excluding steroid dienone is 1. The van der Waals surface area contributed by atoms with Crippen LogP contribution in [0.3, 0.4) is 0 Å². The van der Waals surface area contributed by atoms with Crippen LogP contribution in [0, 0.1) is 0 Å². The molecule has 4 rings (SSSR count). The number of aromatic nitrogens is 1. The Balaban J connectivity index is 1.95. The van der Waals surface area contributed by atoms with Gasteiger partial charge in [-0.15, -0.1) is 0 Å². The second kappa shape index (κ2) is 10.9. The van der Waals surface area contributed by atoms with E-state index in [1.807, 2.05) is 6.07 Å². The van der Waals surface area contributed by atoms with E-state index in [1.54, 1.807) is 71.6 Å². The molecule has 37 heavy (non-hydrogen) atoms. The molecule has 0 saturated carbocycles. The summed E-state index contributed by atoms with van der Waals surface area (Å²) in [6, 6.07) is 9.94. The molecule has 1 unspecified atom stereocenters. The second-order valence-corrected chi connectivity index (χ2v) is 9.04. The molecular weight excluding hydrogens is 496 g/mol. The molecule has 0 spiro atoms. The van der Waals surface area contributed by atoms with E-state index in [0.29, 0.717) is 49.2 Å². The van der Waals surface area contributed by atoms with Gasteiger partial charge in [0.15, 0.2) is 27.8 Å². The molecule has 3 aromatic rings. The zero-order valence-electron chi connectivity index (χ0n) is 21.5. The smallest absolute Gasteiger partial charge is 0.338 e. The van der Waals surface area contributed by atoms with Crippen molar-refractivity contribution in [2.24, 2.45) is 4.99 Å². The van der Waals surface area contributed by atoms with Crippen LogP contribution in [0.4, 0.5) is 0 Å². The van der Waals surface area contributed by atoms with E-state index in [1.165, 1.54) is 23.0 Å². The summed E-state index contributed by atoms with van der Waals surface area (Å²) >= 11 is 1.24. The van der Waals surface area contributed by atoms with Crippen LogP contribution < -0.4 is 33.8 Å². The van der Waals surface area contributed by atoms with Crippen LogP contribution in [0.5, 0.6) is 23.0 Å². The minimum Gasteiger partial charge on any atom is -0.493 e. The van der Waals surface area contributed by atoms with E-state index < -0.39 is 12.0 Å². The van der Waals surface area contributed by atoms with Crippen LogP contribution in [0.2, 0.25) is 0 Å². The molecule has 1 aliphatic heterocycles. The molecule has 1 aromatic heterocycles. The first-order valence-electron chi connectivity index (χ1n) is 11.5. The van der Waals surface area contributed by atoms with Gasteiger partial charge < -0.3 is 23.7 Å². The van der Waals surface area contributed by atoms with Crippen molar-refractivity contribution >= 4 is 23.4 Å². The number of hydrogen-bond acceptors (Lipinski definition) is 9. The third kappa shape index (κ3) is 4.84. The zero-order chi connectivity index (χ0) is 26.7. The standard InChI is InChI=1S/C27H28N2O7S/c1-7-36-26(31)23-15(2)28-27-29(24(23)17-9-11-19(33-4)21(14-17)35-6)25(30)22(37-27)13-16-8-10-18(32-3)20(12-16)34-5/h8-14,24H,7H2,1-6H3/b22-13+. The van der Waals surface area contributed by atoms with Crippen LogP contribution in [0.15, 0.2) is 57.5 Å². The molecule has 0 amide bonds. The summed E-state index contributed by atoms with van der Waals surface area (Å²) in [6.07, 6.45) is 1.76. The highest BCUT2D eigenvalue weighted by Gasteiger charge is 2.33. The molecule has 0 fully saturated rings. The van der Waals surface area contributed by atoms with E-state index in [0.717, 1.165) is 5.56 Å². The average Bonchev–Trinajstić information content (AvgIpc) is 3.21. The van der Waals surface area contributed by atoms with Crippen LogP contribution in [-0.2, 0) is 9.53 Å². The average molecular weight is 525 g/mol. The molecule has 0 N–H and O–H groups in total. The van der Waals surface area contributed by atoms with Crippen molar-refractivity contribution < 1.29 is 28.5 Å². The predicted octanol–water partition coefficient (Wildman–Crippen LogP) is 2.83. The van der Waals surface area contributed by atoms with Gasteiger partial charge in [0.25, 0.3) is 5.56 Å². The van der Waals surface area contributed by atoms with Gasteiger partial charge in [-0.25, -0.2) is 9.79 Å². The van der Waals surface area contributed by atoms with Crippen LogP contribution in [-0.4, -0.2) is 45.6 Å². The summed E-state index contributed by atoms with van der Waals surface area (Å²) in [5.74, 6) is 1.62. The Kier molecular flexibility index (Phi) is 7.68. The fourth-order valence-corrected chi connectivity index (χ4v) is 5.27. The lowest BCUT2D eigenvalue weighted by Gasteiger charge is -2.25. The molecule has 0 aliphatic carbocycles. The van der Waals surface area contributed by atoms with Crippen molar-refractivity contribution in [3.8, 4) is 23.0 Å². The second-order valence-electron chi connectivity index (χ2n) is 8.03. The highest BCUT2D eigenvalue weighted by molar-refractivity contribution is 7.07. The minimum absolute atomic E-state index is 0.192. The number of carbonyl (C=O) groups excluding carboxylic acids is 1. The van der Waals surface area contributed by atoms with Gasteiger partial charge in [0.05, 0.1) is 56.9 Å². The SMILES string of the molecule is CCOC(=O)C1=C(C)N=c2s/c(=C/c3ccc(OC)c(OC)c3)c(=O)n2C1c1ccc(OC)c(OC)c1. The molecule has 10 heteroatoms. The highest BCUT2D eigenvalue weighted by atomic mass is 32.1. The summed E-state index contributed by atoms with van der Waals surface area (Å²) in [5, 5.41) is 0. The lowest BCUT2D eigenvalue weighted by Crippen LogP contribution is -2.39. The summed E-state index contributed by atoms with van der Waals surface area (Å²) in [5.41, 5.74) is 1.91. The van der Waals surface area contributed by atoms with E-state index in [2.05, 4.69) is 4.99 Å². The molecule has 0 radical (unpaired) electrons. The Hall–Kier alpha value is -4.05. The zero-order valence-corrected chi connectivity index (χ0v) is 22.3. The fourth-order valence-electron chi connectivity index (χ4n) is 4.22. The Morgan fingerprint density at radius 2 is 1.59 bits per heavy atom.